The van der Waals surface area contributed by atoms with E-state index in [1.54, 1.807) is 6.08 Å². The molecule has 11 heavy (non-hydrogen) atoms. The lowest BCUT2D eigenvalue weighted by molar-refractivity contribution is -0.132. The van der Waals surface area contributed by atoms with Crippen LogP contribution < -0.4 is 16.2 Å². The van der Waals surface area contributed by atoms with Gasteiger partial charge in [0.25, 0.3) is 5.91 Å². The van der Waals surface area contributed by atoms with Gasteiger partial charge in [-0.05, 0) is 6.08 Å². The van der Waals surface area contributed by atoms with Gasteiger partial charge < -0.3 is 10.7 Å². The van der Waals surface area contributed by atoms with Crippen molar-refractivity contribution in [3.63, 3.8) is 0 Å². The third-order valence-electron chi connectivity index (χ3n) is 1.76. The third-order valence-corrected chi connectivity index (χ3v) is 1.76. The summed E-state index contributed by atoms with van der Waals surface area (Å²) >= 11 is 0. The first kappa shape index (κ1) is 6.21. The first-order valence-electron chi connectivity index (χ1n) is 3.32. The number of amides is 2. The zero-order valence-corrected chi connectivity index (χ0v) is 5.68. The molecule has 5 heteroatoms. The van der Waals surface area contributed by atoms with Gasteiger partial charge in [-0.1, -0.05) is 0 Å². The number of nitrogens with one attached hydrogen (secondary N) is 3. The average Bonchev–Trinajstić information content (AvgIpc) is 2.34. The van der Waals surface area contributed by atoms with Crippen LogP contribution in [0.3, 0.4) is 0 Å². The number of hydrazine groups is 1. The minimum absolute atomic E-state index is 0.231. The quantitative estimate of drug-likeness (QED) is 0.361. The molecule has 0 saturated carbocycles. The van der Waals surface area contributed by atoms with Crippen LogP contribution in [-0.4, -0.2) is 18.4 Å². The molecule has 0 spiro atoms. The van der Waals surface area contributed by atoms with E-state index in [9.17, 15) is 9.59 Å². The predicted octanol–water partition coefficient (Wildman–Crippen LogP) is -1.75. The Hall–Kier alpha value is -1.52. The minimum atomic E-state index is -0.649. The molecule has 0 aromatic heterocycles. The van der Waals surface area contributed by atoms with Crippen LogP contribution in [0.5, 0.6) is 0 Å². The number of hydrogen-bond donors (Lipinski definition) is 3. The molecule has 0 aromatic rings. The van der Waals surface area contributed by atoms with Gasteiger partial charge in [0.15, 0.2) is 5.92 Å². The maximum atomic E-state index is 11.0. The minimum Gasteiger partial charge on any atom is -0.352 e. The van der Waals surface area contributed by atoms with Crippen LogP contribution in [0, 0.1) is 5.92 Å². The maximum Gasteiger partial charge on any atom is 0.256 e. The monoisotopic (exact) mass is 153 g/mol. The molecule has 5 nitrogen and oxygen atoms in total. The Bertz CT molecular complexity index is 259. The van der Waals surface area contributed by atoms with Gasteiger partial charge in [-0.25, -0.2) is 0 Å². The molecular weight excluding hydrogens is 146 g/mol. The molecule has 1 unspecified atom stereocenters. The van der Waals surface area contributed by atoms with Gasteiger partial charge in [0, 0.05) is 6.54 Å². The van der Waals surface area contributed by atoms with Crippen LogP contribution in [0.25, 0.3) is 0 Å². The number of fused-ring (bicyclic) bond motifs is 1. The lowest BCUT2D eigenvalue weighted by Gasteiger charge is -2.13. The predicted molar refractivity (Wildman–Crippen MR) is 35.9 cm³/mol. The second-order valence-electron chi connectivity index (χ2n) is 2.45. The maximum absolute atomic E-state index is 11.0. The SMILES string of the molecule is O=C1NCC=C2NNC(=O)C12. The van der Waals surface area contributed by atoms with E-state index in [0.29, 0.717) is 12.2 Å². The van der Waals surface area contributed by atoms with Gasteiger partial charge in [0.05, 0.1) is 5.70 Å². The fourth-order valence-electron chi connectivity index (χ4n) is 1.21. The van der Waals surface area contributed by atoms with E-state index in [4.69, 9.17) is 0 Å². The molecule has 58 valence electrons. The highest BCUT2D eigenvalue weighted by molar-refractivity contribution is 6.05. The van der Waals surface area contributed by atoms with Gasteiger partial charge in [0.1, 0.15) is 0 Å². The van der Waals surface area contributed by atoms with Gasteiger partial charge >= 0.3 is 0 Å². The number of carbonyl (C=O) groups excluding carboxylic acids is 2. The Morgan fingerprint density at radius 2 is 2.09 bits per heavy atom. The molecule has 2 aliphatic heterocycles. The van der Waals surface area contributed by atoms with Crippen LogP contribution in [0.1, 0.15) is 0 Å². The second kappa shape index (κ2) is 1.98. The molecular formula is C6H7N3O2. The molecule has 0 radical (unpaired) electrons. The van der Waals surface area contributed by atoms with E-state index in [2.05, 4.69) is 16.2 Å². The standard InChI is InChI=1S/C6H7N3O2/c10-5-4-3(1-2-7-5)8-9-6(4)11/h1,4,8H,2H2,(H,7,10)(H,9,11). The Morgan fingerprint density at radius 1 is 1.27 bits per heavy atom. The molecule has 3 N–H and O–H groups in total. The molecule has 2 amide bonds. The fraction of sp³-hybridized carbons (Fsp3) is 0.333. The second-order valence-corrected chi connectivity index (χ2v) is 2.45. The highest BCUT2D eigenvalue weighted by atomic mass is 16.2. The Morgan fingerprint density at radius 3 is 2.82 bits per heavy atom. The van der Waals surface area contributed by atoms with Crippen molar-refractivity contribution in [3.8, 4) is 0 Å². The molecule has 1 fully saturated rings. The van der Waals surface area contributed by atoms with E-state index >= 15 is 0 Å². The molecule has 0 aliphatic carbocycles. The van der Waals surface area contributed by atoms with E-state index in [0.717, 1.165) is 0 Å². The van der Waals surface area contributed by atoms with Crippen molar-refractivity contribution < 1.29 is 9.59 Å². The van der Waals surface area contributed by atoms with Crippen molar-refractivity contribution in [1.82, 2.24) is 16.2 Å². The summed E-state index contributed by atoms with van der Waals surface area (Å²) in [6.07, 6.45) is 1.78. The largest absolute Gasteiger partial charge is 0.352 e. The van der Waals surface area contributed by atoms with Crippen LogP contribution in [0.4, 0.5) is 0 Å². The lowest BCUT2D eigenvalue weighted by atomic mass is 10.0. The normalized spacial score (nSPS) is 28.0. The number of hydrogen-bond acceptors (Lipinski definition) is 3. The van der Waals surface area contributed by atoms with Crippen LogP contribution >= 0.6 is 0 Å². The average molecular weight is 153 g/mol. The summed E-state index contributed by atoms with van der Waals surface area (Å²) < 4.78 is 0. The van der Waals surface area contributed by atoms with Crippen molar-refractivity contribution in [2.75, 3.05) is 6.54 Å². The van der Waals surface area contributed by atoms with Crippen molar-refractivity contribution >= 4 is 11.8 Å². The molecule has 2 heterocycles. The lowest BCUT2D eigenvalue weighted by Crippen LogP contribution is -2.38. The van der Waals surface area contributed by atoms with Crippen LogP contribution in [0.2, 0.25) is 0 Å². The fourth-order valence-corrected chi connectivity index (χ4v) is 1.21. The van der Waals surface area contributed by atoms with E-state index in [-0.39, 0.29) is 11.8 Å². The van der Waals surface area contributed by atoms with Crippen molar-refractivity contribution in [2.45, 2.75) is 0 Å². The molecule has 2 rings (SSSR count). The summed E-state index contributed by atoms with van der Waals surface area (Å²) in [5.41, 5.74) is 5.68. The van der Waals surface area contributed by atoms with Gasteiger partial charge in [-0.15, -0.1) is 0 Å². The molecule has 2 aliphatic rings. The summed E-state index contributed by atoms with van der Waals surface area (Å²) in [6.45, 7) is 0.493. The number of carbonyl (C=O) groups is 2. The van der Waals surface area contributed by atoms with Gasteiger partial charge in [-0.3, -0.25) is 15.0 Å². The van der Waals surface area contributed by atoms with Crippen LogP contribution in [-0.2, 0) is 9.59 Å². The zero-order valence-electron chi connectivity index (χ0n) is 5.68. The molecule has 1 atom stereocenters. The summed E-state index contributed by atoms with van der Waals surface area (Å²) in [6, 6.07) is 0. The Labute approximate surface area is 62.8 Å². The third kappa shape index (κ3) is 0.772. The van der Waals surface area contributed by atoms with E-state index < -0.39 is 5.92 Å². The van der Waals surface area contributed by atoms with E-state index in [1.807, 2.05) is 0 Å². The van der Waals surface area contributed by atoms with Crippen molar-refractivity contribution in [3.05, 3.63) is 11.8 Å². The smallest absolute Gasteiger partial charge is 0.256 e. The molecule has 0 aromatic carbocycles. The zero-order chi connectivity index (χ0) is 7.84. The van der Waals surface area contributed by atoms with Crippen molar-refractivity contribution in [2.24, 2.45) is 5.92 Å². The highest BCUT2D eigenvalue weighted by Crippen LogP contribution is 2.15. The van der Waals surface area contributed by atoms with Crippen LogP contribution in [0.15, 0.2) is 11.8 Å². The van der Waals surface area contributed by atoms with E-state index in [1.165, 1.54) is 0 Å². The molecule has 1 saturated heterocycles. The van der Waals surface area contributed by atoms with Gasteiger partial charge in [0.2, 0.25) is 5.91 Å². The van der Waals surface area contributed by atoms with Gasteiger partial charge in [-0.2, -0.15) is 0 Å². The first-order valence-corrected chi connectivity index (χ1v) is 3.32. The Balaban J connectivity index is 2.36. The Kier molecular flexibility index (Phi) is 1.12. The number of rotatable bonds is 0. The summed E-state index contributed by atoms with van der Waals surface area (Å²) in [4.78, 5) is 22.0. The summed E-state index contributed by atoms with van der Waals surface area (Å²) in [7, 11) is 0. The highest BCUT2D eigenvalue weighted by Gasteiger charge is 2.37. The first-order chi connectivity index (χ1) is 5.29. The molecule has 0 bridgehead atoms. The summed E-state index contributed by atoms with van der Waals surface area (Å²) in [5.74, 6) is -1.16. The van der Waals surface area contributed by atoms with Crippen molar-refractivity contribution in [1.29, 1.82) is 0 Å². The summed E-state index contributed by atoms with van der Waals surface area (Å²) in [5, 5.41) is 2.57. The topological polar surface area (TPSA) is 70.2 Å².